The average Bonchev–Trinajstić information content (AvgIpc) is 2.77. The summed E-state index contributed by atoms with van der Waals surface area (Å²) in [6.45, 7) is 0. The van der Waals surface area contributed by atoms with Gasteiger partial charge in [0.1, 0.15) is 11.9 Å². The summed E-state index contributed by atoms with van der Waals surface area (Å²) in [6.07, 6.45) is -6.78. The molecule has 3 rings (SSSR count). The van der Waals surface area contributed by atoms with E-state index in [4.69, 9.17) is 0 Å². The second-order valence-electron chi connectivity index (χ2n) is 8.02. The highest BCUT2D eigenvalue weighted by molar-refractivity contribution is 6.04. The first-order valence-electron chi connectivity index (χ1n) is 10.5. The molecule has 1 saturated carbocycles. The lowest BCUT2D eigenvalue weighted by Gasteiger charge is -2.34. The summed E-state index contributed by atoms with van der Waals surface area (Å²) in [6, 6.07) is 4.18. The molecule has 184 valence electrons. The summed E-state index contributed by atoms with van der Waals surface area (Å²) in [5.41, 5.74) is -2.26. The summed E-state index contributed by atoms with van der Waals surface area (Å²) < 4.78 is 94.0. The van der Waals surface area contributed by atoms with E-state index in [-0.39, 0.29) is 16.5 Å². The summed E-state index contributed by atoms with van der Waals surface area (Å²) in [7, 11) is 0. The van der Waals surface area contributed by atoms with Crippen LogP contribution in [-0.2, 0) is 15.8 Å². The SMILES string of the molecule is O=C(NC1CCCCC1)[C@@H](c1ccc(F)cc1)N(C(=O)C(F)(F)F)c1cccc(C(F)(F)F)c1. The van der Waals surface area contributed by atoms with Crippen molar-refractivity contribution in [3.05, 3.63) is 65.5 Å². The Hall–Kier alpha value is -3.11. The highest BCUT2D eigenvalue weighted by Crippen LogP contribution is 2.37. The maximum Gasteiger partial charge on any atom is 0.471 e. The van der Waals surface area contributed by atoms with E-state index in [0.29, 0.717) is 25.0 Å². The number of anilines is 1. The van der Waals surface area contributed by atoms with Crippen molar-refractivity contribution in [3.63, 3.8) is 0 Å². The van der Waals surface area contributed by atoms with E-state index in [0.717, 1.165) is 55.7 Å². The van der Waals surface area contributed by atoms with E-state index in [1.807, 2.05) is 0 Å². The van der Waals surface area contributed by atoms with Gasteiger partial charge in [0, 0.05) is 11.7 Å². The Morgan fingerprint density at radius 1 is 0.912 bits per heavy atom. The highest BCUT2D eigenvalue weighted by atomic mass is 19.4. The number of hydrogen-bond acceptors (Lipinski definition) is 2. The van der Waals surface area contributed by atoms with Crippen LogP contribution in [0.25, 0.3) is 0 Å². The minimum absolute atomic E-state index is 0.0133. The third-order valence-electron chi connectivity index (χ3n) is 5.56. The molecule has 4 nitrogen and oxygen atoms in total. The molecule has 0 heterocycles. The molecule has 0 unspecified atom stereocenters. The van der Waals surface area contributed by atoms with Crippen molar-refractivity contribution in [3.8, 4) is 0 Å². The summed E-state index contributed by atoms with van der Waals surface area (Å²) in [5.74, 6) is -4.28. The van der Waals surface area contributed by atoms with Gasteiger partial charge in [-0.25, -0.2) is 4.39 Å². The number of halogens is 7. The molecule has 2 aromatic carbocycles. The number of carbonyl (C=O) groups is 2. The second kappa shape index (κ2) is 10.0. The van der Waals surface area contributed by atoms with E-state index < -0.39 is 47.3 Å². The van der Waals surface area contributed by atoms with Crippen molar-refractivity contribution < 1.29 is 40.3 Å². The normalized spacial score (nSPS) is 16.1. The standard InChI is InChI=1S/C23H21F7N2O2/c24-16-11-9-14(10-12-16)19(20(33)31-17-6-2-1-3-7-17)32(21(34)23(28,29)30)18-8-4-5-15(13-18)22(25,26)27/h4-5,8-13,17,19H,1-3,6-7H2,(H,31,33)/t19-/m1/s1. The van der Waals surface area contributed by atoms with Crippen LogP contribution in [0.15, 0.2) is 48.5 Å². The Labute approximate surface area is 190 Å². The summed E-state index contributed by atoms with van der Waals surface area (Å²) >= 11 is 0. The molecule has 0 radical (unpaired) electrons. The predicted octanol–water partition coefficient (Wildman–Crippen LogP) is 5.93. The van der Waals surface area contributed by atoms with Gasteiger partial charge in [0.2, 0.25) is 5.91 Å². The second-order valence-corrected chi connectivity index (χ2v) is 8.02. The highest BCUT2D eigenvalue weighted by Gasteiger charge is 2.48. The van der Waals surface area contributed by atoms with Crippen molar-refractivity contribution in [1.29, 1.82) is 0 Å². The monoisotopic (exact) mass is 490 g/mol. The zero-order valence-electron chi connectivity index (χ0n) is 17.7. The third kappa shape index (κ3) is 6.06. The third-order valence-corrected chi connectivity index (χ3v) is 5.56. The number of alkyl halides is 6. The lowest BCUT2D eigenvalue weighted by atomic mass is 9.94. The molecule has 0 aromatic heterocycles. The van der Waals surface area contributed by atoms with Crippen molar-refractivity contribution in [1.82, 2.24) is 5.32 Å². The van der Waals surface area contributed by atoms with Gasteiger partial charge in [0.05, 0.1) is 5.56 Å². The first kappa shape index (κ1) is 25.5. The molecule has 0 saturated heterocycles. The molecule has 2 aromatic rings. The topological polar surface area (TPSA) is 49.4 Å². The molecule has 1 fully saturated rings. The Morgan fingerprint density at radius 2 is 1.53 bits per heavy atom. The Balaban J connectivity index is 2.13. The number of nitrogens with zero attached hydrogens (tertiary/aromatic N) is 1. The number of nitrogens with one attached hydrogen (secondary N) is 1. The van der Waals surface area contributed by atoms with Crippen molar-refractivity contribution in [2.45, 2.75) is 56.5 Å². The number of hydrogen-bond donors (Lipinski definition) is 1. The lowest BCUT2D eigenvalue weighted by Crippen LogP contribution is -2.50. The molecule has 1 N–H and O–H groups in total. The number of benzene rings is 2. The lowest BCUT2D eigenvalue weighted by molar-refractivity contribution is -0.171. The van der Waals surface area contributed by atoms with Gasteiger partial charge in [-0.05, 0) is 48.7 Å². The van der Waals surface area contributed by atoms with Crippen LogP contribution in [-0.4, -0.2) is 24.0 Å². The van der Waals surface area contributed by atoms with Crippen molar-refractivity contribution in [2.75, 3.05) is 4.90 Å². The number of rotatable bonds is 5. The van der Waals surface area contributed by atoms with Crippen molar-refractivity contribution >= 4 is 17.5 Å². The molecule has 1 aliphatic carbocycles. The Bertz CT molecular complexity index is 1010. The van der Waals surface area contributed by atoms with Crippen LogP contribution in [0.3, 0.4) is 0 Å². The van der Waals surface area contributed by atoms with Gasteiger partial charge in [-0.15, -0.1) is 0 Å². The van der Waals surface area contributed by atoms with Crippen LogP contribution >= 0.6 is 0 Å². The molecular formula is C23H21F7N2O2. The molecule has 1 atom stereocenters. The molecule has 1 aliphatic rings. The zero-order chi connectivity index (χ0) is 25.1. The molecule has 2 amide bonds. The van der Waals surface area contributed by atoms with Gasteiger partial charge in [0.15, 0.2) is 0 Å². The molecular weight excluding hydrogens is 469 g/mol. The van der Waals surface area contributed by atoms with Gasteiger partial charge in [0.25, 0.3) is 0 Å². The molecule has 11 heteroatoms. The zero-order valence-corrected chi connectivity index (χ0v) is 17.7. The number of amides is 2. The Morgan fingerprint density at radius 3 is 2.09 bits per heavy atom. The average molecular weight is 490 g/mol. The van der Waals surface area contributed by atoms with Crippen LogP contribution < -0.4 is 10.2 Å². The first-order valence-corrected chi connectivity index (χ1v) is 10.5. The maximum absolute atomic E-state index is 13.6. The largest absolute Gasteiger partial charge is 0.471 e. The van der Waals surface area contributed by atoms with Crippen LogP contribution in [0.1, 0.15) is 49.3 Å². The quantitative estimate of drug-likeness (QED) is 0.529. The van der Waals surface area contributed by atoms with Crippen LogP contribution in [0, 0.1) is 5.82 Å². The summed E-state index contributed by atoms with van der Waals surface area (Å²) in [5, 5.41) is 2.62. The van der Waals surface area contributed by atoms with Gasteiger partial charge >= 0.3 is 18.3 Å². The predicted molar refractivity (Wildman–Crippen MR) is 109 cm³/mol. The van der Waals surface area contributed by atoms with E-state index in [1.165, 1.54) is 0 Å². The summed E-state index contributed by atoms with van der Waals surface area (Å²) in [4.78, 5) is 25.7. The molecule has 0 bridgehead atoms. The van der Waals surface area contributed by atoms with Crippen LogP contribution in [0.2, 0.25) is 0 Å². The smallest absolute Gasteiger partial charge is 0.351 e. The van der Waals surface area contributed by atoms with E-state index in [1.54, 1.807) is 0 Å². The van der Waals surface area contributed by atoms with Gasteiger partial charge < -0.3 is 5.32 Å². The van der Waals surface area contributed by atoms with Crippen LogP contribution in [0.4, 0.5) is 36.4 Å². The molecule has 0 aliphatic heterocycles. The fraction of sp³-hybridized carbons (Fsp3) is 0.391. The van der Waals surface area contributed by atoms with Crippen LogP contribution in [0.5, 0.6) is 0 Å². The van der Waals surface area contributed by atoms with Gasteiger partial charge in [-0.2, -0.15) is 26.3 Å². The first-order chi connectivity index (χ1) is 15.9. The van der Waals surface area contributed by atoms with E-state index in [9.17, 15) is 40.3 Å². The Kier molecular flexibility index (Phi) is 7.52. The maximum atomic E-state index is 13.6. The minimum Gasteiger partial charge on any atom is -0.351 e. The van der Waals surface area contributed by atoms with E-state index in [2.05, 4.69) is 5.32 Å². The molecule has 34 heavy (non-hydrogen) atoms. The number of carbonyl (C=O) groups excluding carboxylic acids is 2. The fourth-order valence-electron chi connectivity index (χ4n) is 3.94. The molecule has 0 spiro atoms. The fourth-order valence-corrected chi connectivity index (χ4v) is 3.94. The van der Waals surface area contributed by atoms with Gasteiger partial charge in [-0.1, -0.05) is 37.5 Å². The van der Waals surface area contributed by atoms with Gasteiger partial charge in [-0.3, -0.25) is 14.5 Å². The van der Waals surface area contributed by atoms with Crippen molar-refractivity contribution in [2.24, 2.45) is 0 Å². The van der Waals surface area contributed by atoms with E-state index >= 15 is 0 Å². The minimum atomic E-state index is -5.50.